The van der Waals surface area contributed by atoms with E-state index in [2.05, 4.69) is 6.58 Å². The molecule has 0 aliphatic carbocycles. The van der Waals surface area contributed by atoms with E-state index in [1.165, 1.54) is 6.92 Å². The number of esters is 2. The molecular weight excluding hydrogens is 255 g/mol. The normalized spacial score (nSPS) is 13.8. The summed E-state index contributed by atoms with van der Waals surface area (Å²) in [6, 6.07) is 0. The maximum Gasteiger partial charge on any atom is 0.333 e. The van der Waals surface area contributed by atoms with Gasteiger partial charge in [-0.3, -0.25) is 4.79 Å². The van der Waals surface area contributed by atoms with Crippen molar-refractivity contribution in [3.8, 4) is 0 Å². The summed E-state index contributed by atoms with van der Waals surface area (Å²) in [5, 5.41) is -0.888. The first-order valence-corrected chi connectivity index (χ1v) is 5.58. The van der Waals surface area contributed by atoms with E-state index >= 15 is 0 Å². The third kappa shape index (κ3) is 5.98. The number of hydrogen-bond donors (Lipinski definition) is 0. The average molecular weight is 269 g/mol. The van der Waals surface area contributed by atoms with E-state index in [0.29, 0.717) is 0 Å². The van der Waals surface area contributed by atoms with Gasteiger partial charge in [0.25, 0.3) is 0 Å². The Kier molecular flexibility index (Phi) is 7.17. The molecule has 0 saturated carbocycles. The standard InChI is InChI=1S/C10H14Cl2O4/c1-6(2)9(13)15-5-7(3)16-10(14)8(12)4-11/h7-8H,1,4-5H2,2-3H3. The minimum Gasteiger partial charge on any atom is -0.458 e. The van der Waals surface area contributed by atoms with E-state index in [1.807, 2.05) is 0 Å². The Balaban J connectivity index is 3.91. The first kappa shape index (κ1) is 15.3. The zero-order valence-electron chi connectivity index (χ0n) is 9.16. The van der Waals surface area contributed by atoms with Crippen molar-refractivity contribution < 1.29 is 19.1 Å². The summed E-state index contributed by atoms with van der Waals surface area (Å²) in [5.41, 5.74) is 0.287. The molecule has 92 valence electrons. The van der Waals surface area contributed by atoms with E-state index in [9.17, 15) is 9.59 Å². The van der Waals surface area contributed by atoms with Crippen LogP contribution < -0.4 is 0 Å². The van der Waals surface area contributed by atoms with Gasteiger partial charge in [-0.2, -0.15) is 0 Å². The van der Waals surface area contributed by atoms with Crippen molar-refractivity contribution in [2.75, 3.05) is 12.5 Å². The minimum absolute atomic E-state index is 0.0291. The van der Waals surface area contributed by atoms with Crippen molar-refractivity contribution in [2.24, 2.45) is 0 Å². The smallest absolute Gasteiger partial charge is 0.333 e. The SMILES string of the molecule is C=C(C)C(=O)OCC(C)OC(=O)C(Cl)CCl. The first-order valence-electron chi connectivity index (χ1n) is 4.61. The Labute approximate surface area is 104 Å². The van der Waals surface area contributed by atoms with E-state index in [4.69, 9.17) is 32.7 Å². The lowest BCUT2D eigenvalue weighted by Gasteiger charge is -2.14. The molecule has 0 aliphatic rings. The number of carbonyl (C=O) groups is 2. The fourth-order valence-corrected chi connectivity index (χ4v) is 0.863. The van der Waals surface area contributed by atoms with E-state index in [1.54, 1.807) is 6.92 Å². The molecule has 2 unspecified atom stereocenters. The van der Waals surface area contributed by atoms with Gasteiger partial charge in [-0.15, -0.1) is 23.2 Å². The summed E-state index contributed by atoms with van der Waals surface area (Å²) < 4.78 is 9.66. The van der Waals surface area contributed by atoms with Crippen LogP contribution in [0.3, 0.4) is 0 Å². The van der Waals surface area contributed by atoms with Gasteiger partial charge < -0.3 is 9.47 Å². The molecule has 0 aromatic rings. The number of alkyl halides is 2. The van der Waals surface area contributed by atoms with Crippen molar-refractivity contribution >= 4 is 35.1 Å². The van der Waals surface area contributed by atoms with Crippen LogP contribution in [-0.4, -0.2) is 35.9 Å². The van der Waals surface area contributed by atoms with Gasteiger partial charge in [0, 0.05) is 11.5 Å². The largest absolute Gasteiger partial charge is 0.458 e. The van der Waals surface area contributed by atoms with Gasteiger partial charge in [-0.05, 0) is 13.8 Å². The number of rotatable bonds is 6. The van der Waals surface area contributed by atoms with Crippen LogP contribution in [0.2, 0.25) is 0 Å². The molecule has 0 saturated heterocycles. The van der Waals surface area contributed by atoms with Crippen molar-refractivity contribution in [2.45, 2.75) is 25.3 Å². The molecule has 0 aromatic carbocycles. The number of ether oxygens (including phenoxy) is 2. The molecule has 4 nitrogen and oxygen atoms in total. The van der Waals surface area contributed by atoms with Crippen LogP contribution in [0.1, 0.15) is 13.8 Å². The fourth-order valence-electron chi connectivity index (χ4n) is 0.685. The molecule has 0 fully saturated rings. The number of hydrogen-bond acceptors (Lipinski definition) is 4. The predicted octanol–water partition coefficient (Wildman–Crippen LogP) is 1.88. The number of carbonyl (C=O) groups excluding carboxylic acids is 2. The van der Waals surface area contributed by atoms with Gasteiger partial charge >= 0.3 is 11.9 Å². The van der Waals surface area contributed by atoms with Crippen LogP contribution in [0, 0.1) is 0 Å². The lowest BCUT2D eigenvalue weighted by atomic mass is 10.3. The molecule has 0 N–H and O–H groups in total. The van der Waals surface area contributed by atoms with E-state index < -0.39 is 23.4 Å². The summed E-state index contributed by atoms with van der Waals surface area (Å²) in [6.07, 6.45) is -0.569. The lowest BCUT2D eigenvalue weighted by Crippen LogP contribution is -2.27. The maximum absolute atomic E-state index is 11.2. The highest BCUT2D eigenvalue weighted by atomic mass is 35.5. The van der Waals surface area contributed by atoms with Crippen LogP contribution >= 0.6 is 23.2 Å². The van der Waals surface area contributed by atoms with E-state index in [-0.39, 0.29) is 18.1 Å². The van der Waals surface area contributed by atoms with Crippen molar-refractivity contribution in [3.63, 3.8) is 0 Å². The Morgan fingerprint density at radius 1 is 1.44 bits per heavy atom. The van der Waals surface area contributed by atoms with Crippen LogP contribution in [0.4, 0.5) is 0 Å². The van der Waals surface area contributed by atoms with Crippen molar-refractivity contribution in [1.29, 1.82) is 0 Å². The van der Waals surface area contributed by atoms with Gasteiger partial charge in [-0.25, -0.2) is 4.79 Å². The highest BCUT2D eigenvalue weighted by molar-refractivity contribution is 6.35. The van der Waals surface area contributed by atoms with E-state index in [0.717, 1.165) is 0 Å². The summed E-state index contributed by atoms with van der Waals surface area (Å²) in [6.45, 7) is 6.49. The van der Waals surface area contributed by atoms with Gasteiger partial charge in [-0.1, -0.05) is 6.58 Å². The maximum atomic E-state index is 11.2. The van der Waals surface area contributed by atoms with Gasteiger partial charge in [0.2, 0.25) is 0 Å². The summed E-state index contributed by atoms with van der Waals surface area (Å²) in [7, 11) is 0. The second kappa shape index (κ2) is 7.52. The average Bonchev–Trinajstić information content (AvgIpc) is 2.24. The van der Waals surface area contributed by atoms with Crippen molar-refractivity contribution in [1.82, 2.24) is 0 Å². The number of halogens is 2. The summed E-state index contributed by atoms with van der Waals surface area (Å²) >= 11 is 10.9. The van der Waals surface area contributed by atoms with Gasteiger partial charge in [0.05, 0.1) is 0 Å². The molecule has 0 heterocycles. The molecule has 0 spiro atoms. The predicted molar refractivity (Wildman–Crippen MR) is 61.7 cm³/mol. The molecule has 0 aliphatic heterocycles. The molecule has 0 aromatic heterocycles. The second-order valence-electron chi connectivity index (χ2n) is 3.25. The van der Waals surface area contributed by atoms with Crippen LogP contribution in [0.25, 0.3) is 0 Å². The molecule has 0 radical (unpaired) electrons. The van der Waals surface area contributed by atoms with Gasteiger partial charge in [0.15, 0.2) is 0 Å². The van der Waals surface area contributed by atoms with Crippen LogP contribution in [0.5, 0.6) is 0 Å². The molecule has 0 rings (SSSR count). The third-order valence-corrected chi connectivity index (χ3v) is 2.31. The zero-order valence-corrected chi connectivity index (χ0v) is 10.7. The Hall–Kier alpha value is -0.740. The fraction of sp³-hybridized carbons (Fsp3) is 0.600. The third-order valence-electron chi connectivity index (χ3n) is 1.51. The highest BCUT2D eigenvalue weighted by Gasteiger charge is 2.19. The molecule has 6 heteroatoms. The molecule has 0 bridgehead atoms. The molecule has 16 heavy (non-hydrogen) atoms. The second-order valence-corrected chi connectivity index (χ2v) is 4.08. The topological polar surface area (TPSA) is 52.6 Å². The quantitative estimate of drug-likeness (QED) is 0.419. The lowest BCUT2D eigenvalue weighted by molar-refractivity contribution is -0.155. The summed E-state index contributed by atoms with van der Waals surface area (Å²) in [5.74, 6) is -1.18. The van der Waals surface area contributed by atoms with Crippen LogP contribution in [-0.2, 0) is 19.1 Å². The monoisotopic (exact) mass is 268 g/mol. The van der Waals surface area contributed by atoms with Crippen LogP contribution in [0.15, 0.2) is 12.2 Å². The zero-order chi connectivity index (χ0) is 12.7. The molecular formula is C10H14Cl2O4. The highest BCUT2D eigenvalue weighted by Crippen LogP contribution is 2.05. The van der Waals surface area contributed by atoms with Gasteiger partial charge in [0.1, 0.15) is 18.1 Å². The first-order chi connectivity index (χ1) is 7.38. The minimum atomic E-state index is -0.888. The van der Waals surface area contributed by atoms with Crippen molar-refractivity contribution in [3.05, 3.63) is 12.2 Å². The Morgan fingerprint density at radius 2 is 2.00 bits per heavy atom. The Bertz CT molecular complexity index is 278. The summed E-state index contributed by atoms with van der Waals surface area (Å²) in [4.78, 5) is 22.2. The molecule has 2 atom stereocenters. The Morgan fingerprint density at radius 3 is 2.44 bits per heavy atom. The molecule has 0 amide bonds.